The van der Waals surface area contributed by atoms with E-state index in [0.29, 0.717) is 6.04 Å². The van der Waals surface area contributed by atoms with Crippen molar-refractivity contribution in [2.45, 2.75) is 32.7 Å². The standard InChI is InChI=1S/C9H22N2/c1-5-7-10-8-6-9(2)11(3)4/h9-10H,5-8H2,1-4H3. The average Bonchev–Trinajstić information content (AvgIpc) is 1.97. The first kappa shape index (κ1) is 10.9. The molecule has 0 saturated heterocycles. The van der Waals surface area contributed by atoms with E-state index in [2.05, 4.69) is 38.2 Å². The van der Waals surface area contributed by atoms with E-state index < -0.39 is 0 Å². The lowest BCUT2D eigenvalue weighted by molar-refractivity contribution is 0.296. The van der Waals surface area contributed by atoms with Crippen molar-refractivity contribution in [1.82, 2.24) is 10.2 Å². The zero-order valence-electron chi connectivity index (χ0n) is 8.35. The summed E-state index contributed by atoms with van der Waals surface area (Å²) in [7, 11) is 4.26. The maximum absolute atomic E-state index is 3.39. The Bertz CT molecular complexity index is 81.6. The molecule has 0 rings (SSSR count). The molecular formula is C9H22N2. The highest BCUT2D eigenvalue weighted by Crippen LogP contribution is 1.95. The molecule has 0 aromatic rings. The minimum atomic E-state index is 0.694. The topological polar surface area (TPSA) is 15.3 Å². The van der Waals surface area contributed by atoms with Gasteiger partial charge < -0.3 is 10.2 Å². The van der Waals surface area contributed by atoms with Crippen molar-refractivity contribution in [2.75, 3.05) is 27.2 Å². The van der Waals surface area contributed by atoms with Gasteiger partial charge in [-0.25, -0.2) is 0 Å². The quantitative estimate of drug-likeness (QED) is 0.587. The molecule has 0 bridgehead atoms. The largest absolute Gasteiger partial charge is 0.317 e. The van der Waals surface area contributed by atoms with E-state index in [-0.39, 0.29) is 0 Å². The molecule has 11 heavy (non-hydrogen) atoms. The Morgan fingerprint density at radius 1 is 1.27 bits per heavy atom. The molecule has 0 amide bonds. The lowest BCUT2D eigenvalue weighted by Gasteiger charge is -2.19. The second kappa shape index (κ2) is 6.62. The summed E-state index contributed by atoms with van der Waals surface area (Å²) in [6.45, 7) is 6.75. The Morgan fingerprint density at radius 2 is 1.91 bits per heavy atom. The molecule has 68 valence electrons. The molecule has 0 aliphatic heterocycles. The molecule has 0 spiro atoms. The summed E-state index contributed by atoms with van der Waals surface area (Å²) in [5.41, 5.74) is 0. The van der Waals surface area contributed by atoms with E-state index in [1.165, 1.54) is 12.8 Å². The van der Waals surface area contributed by atoms with Gasteiger partial charge in [-0.1, -0.05) is 6.92 Å². The van der Waals surface area contributed by atoms with Crippen LogP contribution in [0.4, 0.5) is 0 Å². The zero-order chi connectivity index (χ0) is 8.69. The third kappa shape index (κ3) is 6.32. The number of hydrogen-bond acceptors (Lipinski definition) is 2. The van der Waals surface area contributed by atoms with Crippen LogP contribution in [0, 0.1) is 0 Å². The Kier molecular flexibility index (Phi) is 6.57. The summed E-state index contributed by atoms with van der Waals surface area (Å²) in [4.78, 5) is 2.26. The summed E-state index contributed by atoms with van der Waals surface area (Å²) in [6.07, 6.45) is 2.48. The molecule has 0 heterocycles. The maximum atomic E-state index is 3.39. The summed E-state index contributed by atoms with van der Waals surface area (Å²) in [5.74, 6) is 0. The Hall–Kier alpha value is -0.0800. The molecule has 0 radical (unpaired) electrons. The van der Waals surface area contributed by atoms with E-state index in [9.17, 15) is 0 Å². The van der Waals surface area contributed by atoms with Gasteiger partial charge in [-0.05, 0) is 47.0 Å². The molecule has 2 nitrogen and oxygen atoms in total. The Balaban J connectivity index is 3.10. The number of nitrogens with one attached hydrogen (secondary N) is 1. The van der Waals surface area contributed by atoms with Crippen molar-refractivity contribution in [3.8, 4) is 0 Å². The molecular weight excluding hydrogens is 136 g/mol. The van der Waals surface area contributed by atoms with Crippen LogP contribution >= 0.6 is 0 Å². The lowest BCUT2D eigenvalue weighted by atomic mass is 10.2. The fourth-order valence-corrected chi connectivity index (χ4v) is 0.871. The molecule has 0 aromatic carbocycles. The number of hydrogen-bond donors (Lipinski definition) is 1. The summed E-state index contributed by atoms with van der Waals surface area (Å²) in [6, 6.07) is 0.694. The highest BCUT2D eigenvalue weighted by atomic mass is 15.1. The van der Waals surface area contributed by atoms with Crippen LogP contribution in [0.2, 0.25) is 0 Å². The predicted molar refractivity (Wildman–Crippen MR) is 50.9 cm³/mol. The predicted octanol–water partition coefficient (Wildman–Crippen LogP) is 1.33. The second-order valence-corrected chi connectivity index (χ2v) is 3.35. The average molecular weight is 158 g/mol. The summed E-state index contributed by atoms with van der Waals surface area (Å²) >= 11 is 0. The summed E-state index contributed by atoms with van der Waals surface area (Å²) < 4.78 is 0. The van der Waals surface area contributed by atoms with Crippen molar-refractivity contribution in [2.24, 2.45) is 0 Å². The molecule has 0 saturated carbocycles. The molecule has 0 aliphatic carbocycles. The molecule has 2 heteroatoms. The zero-order valence-corrected chi connectivity index (χ0v) is 8.35. The molecule has 1 unspecified atom stereocenters. The highest BCUT2D eigenvalue weighted by Gasteiger charge is 2.01. The van der Waals surface area contributed by atoms with Gasteiger partial charge in [-0.3, -0.25) is 0 Å². The highest BCUT2D eigenvalue weighted by molar-refractivity contribution is 4.60. The van der Waals surface area contributed by atoms with Gasteiger partial charge >= 0.3 is 0 Å². The van der Waals surface area contributed by atoms with Crippen LogP contribution in [0.25, 0.3) is 0 Å². The van der Waals surface area contributed by atoms with Crippen molar-refractivity contribution >= 4 is 0 Å². The second-order valence-electron chi connectivity index (χ2n) is 3.35. The molecule has 0 fully saturated rings. The summed E-state index contributed by atoms with van der Waals surface area (Å²) in [5, 5.41) is 3.39. The molecule has 0 aliphatic rings. The van der Waals surface area contributed by atoms with Crippen LogP contribution in [0.15, 0.2) is 0 Å². The monoisotopic (exact) mass is 158 g/mol. The van der Waals surface area contributed by atoms with Crippen LogP contribution in [-0.2, 0) is 0 Å². The SMILES string of the molecule is CCCNCCC(C)N(C)C. The van der Waals surface area contributed by atoms with Crippen molar-refractivity contribution in [3.05, 3.63) is 0 Å². The van der Waals surface area contributed by atoms with Crippen LogP contribution in [0.5, 0.6) is 0 Å². The van der Waals surface area contributed by atoms with E-state index in [1.807, 2.05) is 0 Å². The number of rotatable bonds is 6. The molecule has 1 atom stereocenters. The third-order valence-corrected chi connectivity index (χ3v) is 2.05. The smallest absolute Gasteiger partial charge is 0.00729 e. The van der Waals surface area contributed by atoms with Gasteiger partial charge in [0.25, 0.3) is 0 Å². The van der Waals surface area contributed by atoms with E-state index in [1.54, 1.807) is 0 Å². The van der Waals surface area contributed by atoms with E-state index in [4.69, 9.17) is 0 Å². The Morgan fingerprint density at radius 3 is 2.36 bits per heavy atom. The van der Waals surface area contributed by atoms with Crippen LogP contribution in [0.1, 0.15) is 26.7 Å². The lowest BCUT2D eigenvalue weighted by Crippen LogP contribution is -2.29. The maximum Gasteiger partial charge on any atom is 0.00729 e. The van der Waals surface area contributed by atoms with Crippen LogP contribution in [-0.4, -0.2) is 38.1 Å². The van der Waals surface area contributed by atoms with Crippen molar-refractivity contribution in [3.63, 3.8) is 0 Å². The van der Waals surface area contributed by atoms with Crippen molar-refractivity contribution < 1.29 is 0 Å². The van der Waals surface area contributed by atoms with Gasteiger partial charge in [-0.15, -0.1) is 0 Å². The first-order valence-electron chi connectivity index (χ1n) is 4.55. The normalized spacial score (nSPS) is 13.9. The minimum absolute atomic E-state index is 0.694. The fourth-order valence-electron chi connectivity index (χ4n) is 0.871. The van der Waals surface area contributed by atoms with Gasteiger partial charge in [0.1, 0.15) is 0 Å². The number of nitrogens with zero attached hydrogens (tertiary/aromatic N) is 1. The first-order valence-corrected chi connectivity index (χ1v) is 4.55. The molecule has 1 N–H and O–H groups in total. The van der Waals surface area contributed by atoms with Gasteiger partial charge in [0, 0.05) is 6.04 Å². The van der Waals surface area contributed by atoms with Gasteiger partial charge in [0.05, 0.1) is 0 Å². The molecule has 0 aromatic heterocycles. The Labute approximate surface area is 71.0 Å². The van der Waals surface area contributed by atoms with E-state index in [0.717, 1.165) is 13.1 Å². The first-order chi connectivity index (χ1) is 5.18. The minimum Gasteiger partial charge on any atom is -0.317 e. The van der Waals surface area contributed by atoms with Crippen LogP contribution in [0.3, 0.4) is 0 Å². The van der Waals surface area contributed by atoms with Gasteiger partial charge in [-0.2, -0.15) is 0 Å². The van der Waals surface area contributed by atoms with Crippen molar-refractivity contribution in [1.29, 1.82) is 0 Å². The van der Waals surface area contributed by atoms with E-state index >= 15 is 0 Å². The third-order valence-electron chi connectivity index (χ3n) is 2.05. The van der Waals surface area contributed by atoms with Gasteiger partial charge in [0.15, 0.2) is 0 Å². The van der Waals surface area contributed by atoms with Gasteiger partial charge in [0.2, 0.25) is 0 Å². The van der Waals surface area contributed by atoms with Crippen LogP contribution < -0.4 is 5.32 Å². The fraction of sp³-hybridized carbons (Fsp3) is 1.00.